The Morgan fingerprint density at radius 1 is 1.22 bits per heavy atom. The highest BCUT2D eigenvalue weighted by molar-refractivity contribution is 7.89. The van der Waals surface area contributed by atoms with Crippen LogP contribution >= 0.6 is 11.6 Å². The summed E-state index contributed by atoms with van der Waals surface area (Å²) in [5.74, 6) is 0.583. The van der Waals surface area contributed by atoms with Gasteiger partial charge in [0.2, 0.25) is 10.0 Å². The molecule has 0 spiro atoms. The molecule has 0 saturated carbocycles. The maximum Gasteiger partial charge on any atom is 0.245 e. The number of pyridine rings is 1. The van der Waals surface area contributed by atoms with E-state index in [-0.39, 0.29) is 10.0 Å². The molecule has 3 rings (SSSR count). The van der Waals surface area contributed by atoms with Gasteiger partial charge >= 0.3 is 0 Å². The van der Waals surface area contributed by atoms with Gasteiger partial charge in [-0.1, -0.05) is 29.8 Å². The van der Waals surface area contributed by atoms with Gasteiger partial charge in [0.15, 0.2) is 0 Å². The quantitative estimate of drug-likeness (QED) is 0.670. The van der Waals surface area contributed by atoms with Gasteiger partial charge in [-0.15, -0.1) is 0 Å². The van der Waals surface area contributed by atoms with Crippen molar-refractivity contribution in [1.82, 2.24) is 9.29 Å². The van der Waals surface area contributed by atoms with Gasteiger partial charge in [-0.2, -0.15) is 4.31 Å². The van der Waals surface area contributed by atoms with E-state index >= 15 is 0 Å². The number of rotatable bonds is 4. The van der Waals surface area contributed by atoms with Gasteiger partial charge in [-0.25, -0.2) is 13.4 Å². The van der Waals surface area contributed by atoms with Crippen LogP contribution < -0.4 is 0 Å². The van der Waals surface area contributed by atoms with Crippen molar-refractivity contribution in [1.29, 1.82) is 0 Å². The van der Waals surface area contributed by atoms with Crippen molar-refractivity contribution in [2.75, 3.05) is 7.05 Å². The molecule has 1 aromatic carbocycles. The SMILES string of the molecule is CC(c1cc2ccccc2o1)N(C)S(=O)(=O)c1ccc(Cl)nc1. The molecule has 23 heavy (non-hydrogen) atoms. The van der Waals surface area contributed by atoms with Gasteiger partial charge in [0.1, 0.15) is 21.4 Å². The summed E-state index contributed by atoms with van der Waals surface area (Å²) in [5, 5.41) is 1.19. The minimum atomic E-state index is -3.69. The molecule has 7 heteroatoms. The van der Waals surface area contributed by atoms with Crippen molar-refractivity contribution in [2.45, 2.75) is 17.9 Å². The maximum absolute atomic E-state index is 12.7. The summed E-state index contributed by atoms with van der Waals surface area (Å²) in [4.78, 5) is 3.92. The van der Waals surface area contributed by atoms with Gasteiger partial charge in [0.05, 0.1) is 6.04 Å². The van der Waals surface area contributed by atoms with Gasteiger partial charge in [0, 0.05) is 18.6 Å². The second-order valence-corrected chi connectivity index (χ2v) is 7.59. The Bertz CT molecular complexity index is 902. The molecule has 0 radical (unpaired) electrons. The number of sulfonamides is 1. The number of aromatic nitrogens is 1. The molecule has 1 atom stereocenters. The fourth-order valence-electron chi connectivity index (χ4n) is 2.28. The van der Waals surface area contributed by atoms with Crippen molar-refractivity contribution in [3.05, 3.63) is 59.6 Å². The molecule has 0 aliphatic rings. The zero-order chi connectivity index (χ0) is 16.6. The number of hydrogen-bond acceptors (Lipinski definition) is 4. The number of halogens is 1. The first-order valence-electron chi connectivity index (χ1n) is 6.97. The minimum absolute atomic E-state index is 0.0901. The zero-order valence-corrected chi connectivity index (χ0v) is 14.2. The van der Waals surface area contributed by atoms with Crippen LogP contribution in [-0.2, 0) is 10.0 Å². The van der Waals surface area contributed by atoms with E-state index < -0.39 is 16.1 Å². The average Bonchev–Trinajstić information content (AvgIpc) is 2.98. The fourth-order valence-corrected chi connectivity index (χ4v) is 3.67. The van der Waals surface area contributed by atoms with Crippen molar-refractivity contribution >= 4 is 32.6 Å². The van der Waals surface area contributed by atoms with Gasteiger partial charge in [0.25, 0.3) is 0 Å². The third kappa shape index (κ3) is 2.97. The molecule has 2 aromatic heterocycles. The number of para-hydroxylation sites is 1. The Balaban J connectivity index is 1.94. The summed E-state index contributed by atoms with van der Waals surface area (Å²) in [5.41, 5.74) is 0.730. The summed E-state index contributed by atoms with van der Waals surface area (Å²) in [6.07, 6.45) is 1.25. The van der Waals surface area contributed by atoms with E-state index in [0.29, 0.717) is 5.76 Å². The lowest BCUT2D eigenvalue weighted by molar-refractivity contribution is 0.348. The van der Waals surface area contributed by atoms with Crippen LogP contribution in [0.25, 0.3) is 11.0 Å². The van der Waals surface area contributed by atoms with E-state index in [4.69, 9.17) is 16.0 Å². The summed E-state index contributed by atoms with van der Waals surface area (Å²) >= 11 is 5.71. The molecule has 0 aliphatic heterocycles. The van der Waals surface area contributed by atoms with Crippen molar-refractivity contribution in [3.63, 3.8) is 0 Å². The molecule has 120 valence electrons. The third-order valence-electron chi connectivity index (χ3n) is 3.78. The highest BCUT2D eigenvalue weighted by atomic mass is 35.5. The van der Waals surface area contributed by atoms with Crippen LogP contribution in [0.5, 0.6) is 0 Å². The Kier molecular flexibility index (Phi) is 4.14. The first-order chi connectivity index (χ1) is 10.9. The summed E-state index contributed by atoms with van der Waals surface area (Å²) < 4.78 is 32.4. The number of benzene rings is 1. The summed E-state index contributed by atoms with van der Waals surface area (Å²) in [6.45, 7) is 1.78. The lowest BCUT2D eigenvalue weighted by Crippen LogP contribution is -2.29. The van der Waals surface area contributed by atoms with E-state index in [1.54, 1.807) is 6.92 Å². The Hall–Kier alpha value is -1.89. The normalized spacial score (nSPS) is 13.6. The lowest BCUT2D eigenvalue weighted by atomic mass is 10.2. The van der Waals surface area contributed by atoms with Gasteiger partial charge in [-0.05, 0) is 31.2 Å². The Morgan fingerprint density at radius 3 is 2.61 bits per heavy atom. The predicted molar refractivity (Wildman–Crippen MR) is 88.8 cm³/mol. The van der Waals surface area contributed by atoms with Gasteiger partial charge < -0.3 is 4.42 Å². The van der Waals surface area contributed by atoms with E-state index in [0.717, 1.165) is 11.0 Å². The zero-order valence-electron chi connectivity index (χ0n) is 12.6. The molecule has 0 saturated heterocycles. The van der Waals surface area contributed by atoms with Crippen LogP contribution in [0.1, 0.15) is 18.7 Å². The standard InChI is InChI=1S/C16H15ClN2O3S/c1-11(15-9-12-5-3-4-6-14(12)22-15)19(2)23(20,21)13-7-8-16(17)18-10-13/h3-11H,1-2H3. The summed E-state index contributed by atoms with van der Waals surface area (Å²) in [7, 11) is -2.17. The van der Waals surface area contributed by atoms with Crippen LogP contribution in [0, 0.1) is 0 Å². The first kappa shape index (κ1) is 16.0. The summed E-state index contributed by atoms with van der Waals surface area (Å²) in [6, 6.07) is 11.8. The fraction of sp³-hybridized carbons (Fsp3) is 0.188. The molecule has 0 N–H and O–H groups in total. The van der Waals surface area contributed by atoms with Crippen LogP contribution in [0.4, 0.5) is 0 Å². The highest BCUT2D eigenvalue weighted by Crippen LogP contribution is 2.30. The van der Waals surface area contributed by atoms with E-state index in [9.17, 15) is 8.42 Å². The van der Waals surface area contributed by atoms with Crippen molar-refractivity contribution < 1.29 is 12.8 Å². The van der Waals surface area contributed by atoms with E-state index in [1.807, 2.05) is 30.3 Å². The number of hydrogen-bond donors (Lipinski definition) is 0. The largest absolute Gasteiger partial charge is 0.459 e. The van der Waals surface area contributed by atoms with Crippen LogP contribution in [0.2, 0.25) is 5.15 Å². The molecule has 2 heterocycles. The molecule has 0 aliphatic carbocycles. The molecule has 3 aromatic rings. The molecule has 5 nitrogen and oxygen atoms in total. The van der Waals surface area contributed by atoms with Crippen molar-refractivity contribution in [3.8, 4) is 0 Å². The average molecular weight is 351 g/mol. The Morgan fingerprint density at radius 2 is 1.96 bits per heavy atom. The molecular weight excluding hydrogens is 336 g/mol. The van der Waals surface area contributed by atoms with E-state index in [1.165, 1.54) is 29.7 Å². The highest BCUT2D eigenvalue weighted by Gasteiger charge is 2.28. The molecule has 0 fully saturated rings. The lowest BCUT2D eigenvalue weighted by Gasteiger charge is -2.22. The minimum Gasteiger partial charge on any atom is -0.459 e. The van der Waals surface area contributed by atoms with E-state index in [2.05, 4.69) is 4.98 Å². The monoisotopic (exact) mass is 350 g/mol. The maximum atomic E-state index is 12.7. The second-order valence-electron chi connectivity index (χ2n) is 5.20. The van der Waals surface area contributed by atoms with Crippen molar-refractivity contribution in [2.24, 2.45) is 0 Å². The topological polar surface area (TPSA) is 63.4 Å². The predicted octanol–water partition coefficient (Wildman–Crippen LogP) is 3.86. The number of furan rings is 1. The molecule has 0 bridgehead atoms. The molecule has 0 amide bonds. The number of nitrogens with zero attached hydrogens (tertiary/aromatic N) is 2. The molecule has 1 unspecified atom stereocenters. The van der Waals surface area contributed by atoms with Crippen LogP contribution in [-0.4, -0.2) is 24.8 Å². The first-order valence-corrected chi connectivity index (χ1v) is 8.79. The smallest absolute Gasteiger partial charge is 0.245 e. The third-order valence-corrected chi connectivity index (χ3v) is 5.91. The Labute approximate surface area is 139 Å². The molecular formula is C16H15ClN2O3S. The second kappa shape index (κ2) is 5.96. The van der Waals surface area contributed by atoms with Crippen LogP contribution in [0.15, 0.2) is 58.0 Å². The van der Waals surface area contributed by atoms with Crippen LogP contribution in [0.3, 0.4) is 0 Å². The number of fused-ring (bicyclic) bond motifs is 1. The van der Waals surface area contributed by atoms with Gasteiger partial charge in [-0.3, -0.25) is 0 Å².